The molecule has 0 amide bonds. The van der Waals surface area contributed by atoms with Gasteiger partial charge in [-0.1, -0.05) is 182 Å². The Balaban J connectivity index is 1.11. The van der Waals surface area contributed by atoms with Crippen molar-refractivity contribution in [1.29, 1.82) is 0 Å². The molecule has 10 atom stereocenters. The van der Waals surface area contributed by atoms with Gasteiger partial charge in [0.2, 0.25) is 0 Å². The van der Waals surface area contributed by atoms with Crippen molar-refractivity contribution in [2.45, 2.75) is 101 Å². The minimum absolute atomic E-state index is 0.0103. The summed E-state index contributed by atoms with van der Waals surface area (Å²) in [6.07, 6.45) is -10.5. The first kappa shape index (κ1) is 46.4. The molecule has 0 aromatic heterocycles. The average molecular weight is 883 g/mol. The number of hydrogen-bond acceptors (Lipinski definition) is 11. The van der Waals surface area contributed by atoms with E-state index in [1.807, 2.05) is 182 Å². The first-order valence-electron chi connectivity index (χ1n) is 22.3. The lowest BCUT2D eigenvalue weighted by Gasteiger charge is -2.49. The highest BCUT2D eigenvalue weighted by molar-refractivity contribution is 5.18. The van der Waals surface area contributed by atoms with E-state index in [9.17, 15) is 10.2 Å². The molecule has 0 unspecified atom stereocenters. The zero-order chi connectivity index (χ0) is 44.5. The van der Waals surface area contributed by atoms with Gasteiger partial charge in [0, 0.05) is 0 Å². The van der Waals surface area contributed by atoms with Crippen LogP contribution in [0.3, 0.4) is 0 Å². The van der Waals surface area contributed by atoms with Gasteiger partial charge in [0.1, 0.15) is 48.8 Å². The molecule has 8 rings (SSSR count). The summed E-state index contributed by atoms with van der Waals surface area (Å²) < 4.78 is 59.3. The van der Waals surface area contributed by atoms with Crippen LogP contribution in [-0.2, 0) is 82.3 Å². The fourth-order valence-electron chi connectivity index (χ4n) is 8.05. The van der Waals surface area contributed by atoms with Crippen LogP contribution in [0.5, 0.6) is 0 Å². The molecule has 2 N–H and O–H groups in total. The molecule has 65 heavy (non-hydrogen) atoms. The maximum absolute atomic E-state index is 12.5. The lowest BCUT2D eigenvalue weighted by Crippen LogP contribution is -2.66. The summed E-state index contributed by atoms with van der Waals surface area (Å²) in [6, 6.07) is 58.7. The molecule has 0 spiro atoms. The van der Waals surface area contributed by atoms with E-state index in [1.165, 1.54) is 0 Å². The molecule has 0 bridgehead atoms. The van der Waals surface area contributed by atoms with Gasteiger partial charge >= 0.3 is 0 Å². The van der Waals surface area contributed by atoms with Crippen molar-refractivity contribution in [3.8, 4) is 0 Å². The van der Waals surface area contributed by atoms with Crippen LogP contribution in [0.2, 0.25) is 0 Å². The molecular weight excluding hydrogens is 825 g/mol. The second-order valence-electron chi connectivity index (χ2n) is 16.2. The molecule has 2 fully saturated rings. The third-order valence-corrected chi connectivity index (χ3v) is 11.4. The van der Waals surface area contributed by atoms with Gasteiger partial charge in [0.05, 0.1) is 52.9 Å². The Labute approximate surface area is 381 Å². The van der Waals surface area contributed by atoms with Gasteiger partial charge in [-0.2, -0.15) is 0 Å². The summed E-state index contributed by atoms with van der Waals surface area (Å²) >= 11 is 0. The molecule has 2 aliphatic heterocycles. The highest BCUT2D eigenvalue weighted by atomic mass is 16.7. The number of rotatable bonds is 22. The van der Waals surface area contributed by atoms with E-state index in [2.05, 4.69) is 0 Å². The Kier molecular flexibility index (Phi) is 17.4. The van der Waals surface area contributed by atoms with E-state index in [0.29, 0.717) is 6.61 Å². The van der Waals surface area contributed by atoms with Crippen molar-refractivity contribution < 1.29 is 52.8 Å². The quantitative estimate of drug-likeness (QED) is 0.0691. The third-order valence-electron chi connectivity index (χ3n) is 11.4. The van der Waals surface area contributed by atoms with Crippen LogP contribution >= 0.6 is 0 Å². The SMILES string of the molecule is O[C@H]1[C@H](O[C@H]2[C@H](OCc3ccccc3)[C@@H](OCc3ccccc3)[C@H](O)O[C@@H]2COCc2ccccc2)O[C@H](COCc2ccccc2)[C@@H](OCc2ccccc2)[C@@H]1OCc1ccccc1. The first-order chi connectivity index (χ1) is 32.1. The molecule has 6 aromatic rings. The molecule has 11 heteroatoms. The smallest absolute Gasteiger partial charge is 0.187 e. The molecule has 0 aliphatic carbocycles. The number of ether oxygens (including phenoxy) is 9. The maximum Gasteiger partial charge on any atom is 0.187 e. The molecule has 6 aromatic carbocycles. The summed E-state index contributed by atoms with van der Waals surface area (Å²) in [7, 11) is 0. The molecule has 2 saturated heterocycles. The molecule has 2 aliphatic rings. The van der Waals surface area contributed by atoms with Crippen LogP contribution in [0.25, 0.3) is 0 Å². The van der Waals surface area contributed by atoms with Crippen LogP contribution in [0.1, 0.15) is 33.4 Å². The zero-order valence-corrected chi connectivity index (χ0v) is 36.3. The van der Waals surface area contributed by atoms with E-state index in [-0.39, 0.29) is 46.2 Å². The molecule has 340 valence electrons. The number of benzene rings is 6. The van der Waals surface area contributed by atoms with Crippen molar-refractivity contribution in [1.82, 2.24) is 0 Å². The largest absolute Gasteiger partial charge is 0.385 e. The lowest BCUT2D eigenvalue weighted by atomic mass is 9.96. The summed E-state index contributed by atoms with van der Waals surface area (Å²) in [6.45, 7) is 1.46. The lowest BCUT2D eigenvalue weighted by molar-refractivity contribution is -0.370. The summed E-state index contributed by atoms with van der Waals surface area (Å²) in [5, 5.41) is 24.3. The van der Waals surface area contributed by atoms with E-state index in [0.717, 1.165) is 33.4 Å². The van der Waals surface area contributed by atoms with Crippen LogP contribution in [0.4, 0.5) is 0 Å². The molecule has 0 saturated carbocycles. The van der Waals surface area contributed by atoms with Gasteiger partial charge in [-0.15, -0.1) is 0 Å². The zero-order valence-electron chi connectivity index (χ0n) is 36.3. The predicted molar refractivity (Wildman–Crippen MR) is 243 cm³/mol. The van der Waals surface area contributed by atoms with E-state index >= 15 is 0 Å². The Morgan fingerprint density at radius 2 is 0.662 bits per heavy atom. The van der Waals surface area contributed by atoms with Gasteiger partial charge in [0.25, 0.3) is 0 Å². The number of aliphatic hydroxyl groups is 2. The number of hydrogen-bond donors (Lipinski definition) is 2. The summed E-state index contributed by atoms with van der Waals surface area (Å²) in [5.74, 6) is 0. The van der Waals surface area contributed by atoms with Crippen molar-refractivity contribution >= 4 is 0 Å². The minimum Gasteiger partial charge on any atom is -0.385 e. The van der Waals surface area contributed by atoms with Crippen molar-refractivity contribution in [3.05, 3.63) is 215 Å². The molecule has 11 nitrogen and oxygen atoms in total. The van der Waals surface area contributed by atoms with Crippen LogP contribution in [0.15, 0.2) is 182 Å². The Morgan fingerprint density at radius 3 is 1.06 bits per heavy atom. The normalized spacial score (nSPS) is 25.6. The fraction of sp³-hybridized carbons (Fsp3) is 0.333. The van der Waals surface area contributed by atoms with Gasteiger partial charge < -0.3 is 52.8 Å². The third kappa shape index (κ3) is 13.5. The standard InChI is InChI=1S/C54H58O11/c55-47-50(60-34-42-25-13-4-14-26-42)48(59-33-41-23-11-3-12-24-41)45(37-57-31-39-19-7-1-8-20-39)64-54(47)65-49-46(38-58-32-40-21-9-2-10-22-40)63-53(56)52(62-36-44-29-17-6-18-30-44)51(49)61-35-43-27-15-5-16-28-43/h1-30,45-56H,31-38H2/t45-,46-,47-,48-,49-,50-,51+,52-,53-,54+/m1/s1. The van der Waals surface area contributed by atoms with Gasteiger partial charge in [-0.05, 0) is 33.4 Å². The first-order valence-corrected chi connectivity index (χ1v) is 22.3. The van der Waals surface area contributed by atoms with Crippen molar-refractivity contribution in [3.63, 3.8) is 0 Å². The second kappa shape index (κ2) is 24.4. The number of aliphatic hydroxyl groups excluding tert-OH is 2. The van der Waals surface area contributed by atoms with Gasteiger partial charge in [-0.25, -0.2) is 0 Å². The van der Waals surface area contributed by atoms with E-state index in [1.54, 1.807) is 0 Å². The minimum atomic E-state index is -1.42. The van der Waals surface area contributed by atoms with E-state index < -0.39 is 61.4 Å². The summed E-state index contributed by atoms with van der Waals surface area (Å²) in [4.78, 5) is 0. The Hall–Kier alpha value is -5.12. The fourth-order valence-corrected chi connectivity index (χ4v) is 8.05. The highest BCUT2D eigenvalue weighted by Crippen LogP contribution is 2.35. The topological polar surface area (TPSA) is 124 Å². The van der Waals surface area contributed by atoms with Crippen molar-refractivity contribution in [2.24, 2.45) is 0 Å². The van der Waals surface area contributed by atoms with Crippen LogP contribution < -0.4 is 0 Å². The Morgan fingerprint density at radius 1 is 0.338 bits per heavy atom. The maximum atomic E-state index is 12.5. The molecule has 2 heterocycles. The van der Waals surface area contributed by atoms with Crippen LogP contribution in [0, 0.1) is 0 Å². The van der Waals surface area contributed by atoms with Crippen LogP contribution in [-0.4, -0.2) is 84.8 Å². The molecule has 0 radical (unpaired) electrons. The Bertz CT molecular complexity index is 2210. The average Bonchev–Trinajstić information content (AvgIpc) is 3.35. The van der Waals surface area contributed by atoms with Gasteiger partial charge in [0.15, 0.2) is 12.6 Å². The predicted octanol–water partition coefficient (Wildman–Crippen LogP) is 7.95. The monoisotopic (exact) mass is 882 g/mol. The van der Waals surface area contributed by atoms with Crippen molar-refractivity contribution in [2.75, 3.05) is 13.2 Å². The summed E-state index contributed by atoms with van der Waals surface area (Å²) in [5.41, 5.74) is 5.63. The van der Waals surface area contributed by atoms with Gasteiger partial charge in [-0.3, -0.25) is 0 Å². The van der Waals surface area contributed by atoms with E-state index in [4.69, 9.17) is 42.6 Å². The highest BCUT2D eigenvalue weighted by Gasteiger charge is 2.53. The second-order valence-corrected chi connectivity index (χ2v) is 16.2. The molecular formula is C54H58O11.